The quantitative estimate of drug-likeness (QED) is 0.472. The number of hydrogen-bond acceptors (Lipinski definition) is 0. The predicted octanol–water partition coefficient (Wildman–Crippen LogP) is 1.32. The van der Waals surface area contributed by atoms with E-state index in [0.717, 1.165) is 0 Å². The van der Waals surface area contributed by atoms with Crippen LogP contribution in [0.2, 0.25) is 0 Å². The molecule has 0 unspecified atom stereocenters. The van der Waals surface area contributed by atoms with Crippen LogP contribution in [0.15, 0.2) is 30.3 Å². The number of hydrogen-bond donors (Lipinski definition) is 0. The fraction of sp³-hybridized carbons (Fsp3) is 0.143. The van der Waals surface area contributed by atoms with Crippen LogP contribution in [0.1, 0.15) is 6.99 Å². The Morgan fingerprint density at radius 1 is 1.12 bits per heavy atom. The van der Waals surface area contributed by atoms with Crippen molar-refractivity contribution in [3.8, 4) is 0 Å². The summed E-state index contributed by atoms with van der Waals surface area (Å²) < 4.78 is 0. The molecule has 0 N–H and O–H groups in total. The van der Waals surface area contributed by atoms with Gasteiger partial charge in [0.15, 0.2) is 0 Å². The first-order valence-corrected chi connectivity index (χ1v) is 2.41. The molecule has 1 heteroatoms. The molecule has 0 heterocycles. The molecular weight excluding hydrogens is 124 g/mol. The molecular formula is C7H12Ca. The molecule has 0 amide bonds. The topological polar surface area (TPSA) is 0 Å². The first kappa shape index (κ1) is 8.48. The zero-order valence-electron chi connectivity index (χ0n) is 4.39. The van der Waals surface area contributed by atoms with E-state index >= 15 is 0 Å². The van der Waals surface area contributed by atoms with Crippen LogP contribution < -0.4 is 0 Å². The van der Waals surface area contributed by atoms with Gasteiger partial charge < -0.3 is 0 Å². The van der Waals surface area contributed by atoms with Crippen molar-refractivity contribution in [2.75, 3.05) is 0 Å². The molecule has 0 aliphatic heterocycles. The van der Waals surface area contributed by atoms with Gasteiger partial charge in [-0.25, -0.2) is 0 Å². The summed E-state index contributed by atoms with van der Waals surface area (Å²) in [5.41, 5.74) is 1.32. The Hall–Kier alpha value is 0.480. The summed E-state index contributed by atoms with van der Waals surface area (Å²) in [4.78, 5) is 0. The molecule has 8 heavy (non-hydrogen) atoms. The van der Waals surface area contributed by atoms with Gasteiger partial charge in [-0.2, -0.15) is 0 Å². The fourth-order valence-electron chi connectivity index (χ4n) is 0.534. The average molecular weight is 136 g/mol. The molecule has 0 spiro atoms. The van der Waals surface area contributed by atoms with E-state index in [1.807, 2.05) is 18.2 Å². The van der Waals surface area contributed by atoms with Crippen molar-refractivity contribution in [3.05, 3.63) is 35.9 Å². The zero-order chi connectivity index (χ0) is 5.11. The Morgan fingerprint density at radius 3 is 1.88 bits per heavy atom. The summed E-state index contributed by atoms with van der Waals surface area (Å²) in [5, 5.41) is 0. The second kappa shape index (κ2) is 4.37. The van der Waals surface area contributed by atoms with Crippen LogP contribution in [0.5, 0.6) is 0 Å². The monoisotopic (exact) mass is 136 g/mol. The Kier molecular flexibility index (Phi) is 4.63. The summed E-state index contributed by atoms with van der Waals surface area (Å²) in [6, 6.07) is 10.3. The van der Waals surface area contributed by atoms with Gasteiger partial charge in [0.1, 0.15) is 0 Å². The van der Waals surface area contributed by atoms with Crippen molar-refractivity contribution < 1.29 is 1.43 Å². The molecule has 0 aliphatic carbocycles. The van der Waals surface area contributed by atoms with Gasteiger partial charge in [0, 0.05) is 1.43 Å². The van der Waals surface area contributed by atoms with Gasteiger partial charge in [-0.05, 0) is 6.92 Å². The van der Waals surface area contributed by atoms with Crippen LogP contribution in [0.25, 0.3) is 0 Å². The van der Waals surface area contributed by atoms with Crippen molar-refractivity contribution in [2.45, 2.75) is 6.92 Å². The largest absolute Gasteiger partial charge is 0 e. The van der Waals surface area contributed by atoms with E-state index in [0.29, 0.717) is 0 Å². The van der Waals surface area contributed by atoms with Crippen LogP contribution in [0, 0.1) is 6.92 Å². The Morgan fingerprint density at radius 2 is 1.62 bits per heavy atom. The van der Waals surface area contributed by atoms with E-state index in [-0.39, 0.29) is 39.2 Å². The normalized spacial score (nSPS) is 7.62. The molecule has 0 aliphatic rings. The van der Waals surface area contributed by atoms with Crippen molar-refractivity contribution >= 4 is 37.7 Å². The van der Waals surface area contributed by atoms with Gasteiger partial charge >= 0.3 is 37.7 Å². The van der Waals surface area contributed by atoms with Crippen LogP contribution >= 0.6 is 0 Å². The predicted molar refractivity (Wildman–Crippen MR) is 41.8 cm³/mol. The molecule has 1 aromatic rings. The van der Waals surface area contributed by atoms with Gasteiger partial charge in [-0.15, -0.1) is 0 Å². The van der Waals surface area contributed by atoms with Crippen molar-refractivity contribution in [2.24, 2.45) is 0 Å². The van der Waals surface area contributed by atoms with Crippen LogP contribution in [0.4, 0.5) is 0 Å². The molecule has 1 rings (SSSR count). The maximum atomic E-state index is 2.08. The summed E-state index contributed by atoms with van der Waals surface area (Å²) in [5.74, 6) is 0. The first-order valence-electron chi connectivity index (χ1n) is 2.41. The zero-order valence-corrected chi connectivity index (χ0v) is 4.39. The third-order valence-corrected chi connectivity index (χ3v) is 0.940. The molecule has 0 aromatic heterocycles. The minimum absolute atomic E-state index is 0. The van der Waals surface area contributed by atoms with Crippen molar-refractivity contribution in [1.82, 2.24) is 0 Å². The average Bonchev–Trinajstić information content (AvgIpc) is 1.69. The van der Waals surface area contributed by atoms with E-state index in [1.54, 1.807) is 0 Å². The van der Waals surface area contributed by atoms with Gasteiger partial charge in [-0.1, -0.05) is 35.9 Å². The number of aryl methyl sites for hydroxylation is 1. The fourth-order valence-corrected chi connectivity index (χ4v) is 0.534. The first-order chi connectivity index (χ1) is 3.39. The maximum Gasteiger partial charge on any atom is 0 e. The van der Waals surface area contributed by atoms with Crippen LogP contribution in [-0.4, -0.2) is 37.7 Å². The van der Waals surface area contributed by atoms with Gasteiger partial charge in [0.2, 0.25) is 0 Å². The molecule has 0 radical (unpaired) electrons. The third-order valence-electron chi connectivity index (χ3n) is 0.940. The van der Waals surface area contributed by atoms with Gasteiger partial charge in [0.05, 0.1) is 0 Å². The van der Waals surface area contributed by atoms with Crippen molar-refractivity contribution in [1.29, 1.82) is 0 Å². The van der Waals surface area contributed by atoms with E-state index < -0.39 is 0 Å². The summed E-state index contributed by atoms with van der Waals surface area (Å²) in [6.45, 7) is 2.08. The van der Waals surface area contributed by atoms with E-state index in [4.69, 9.17) is 0 Å². The minimum atomic E-state index is 0. The Labute approximate surface area is 81.4 Å². The summed E-state index contributed by atoms with van der Waals surface area (Å²) in [7, 11) is 0. The molecule has 0 fully saturated rings. The third kappa shape index (κ3) is 2.71. The van der Waals surface area contributed by atoms with Gasteiger partial charge in [-0.3, -0.25) is 0 Å². The molecule has 0 saturated heterocycles. The maximum absolute atomic E-state index is 2.08. The Balaban J connectivity index is 0. The summed E-state index contributed by atoms with van der Waals surface area (Å²) >= 11 is 0. The second-order valence-electron chi connectivity index (χ2n) is 1.65. The van der Waals surface area contributed by atoms with Crippen molar-refractivity contribution in [3.63, 3.8) is 0 Å². The molecule has 1 aromatic carbocycles. The molecule has 0 nitrogen and oxygen atoms in total. The molecule has 42 valence electrons. The van der Waals surface area contributed by atoms with Crippen LogP contribution in [0.3, 0.4) is 0 Å². The smallest absolute Gasteiger partial charge is 0 e. The summed E-state index contributed by atoms with van der Waals surface area (Å²) in [6.07, 6.45) is 0. The Bertz CT molecular complexity index is 139. The molecule has 0 bridgehead atoms. The minimum Gasteiger partial charge on any atom is 0 e. The SMILES string of the molecule is Cc1ccccc1.[CaH2].[HH]. The molecule has 0 atom stereocenters. The van der Waals surface area contributed by atoms with Crippen LogP contribution in [-0.2, 0) is 0 Å². The van der Waals surface area contributed by atoms with E-state index in [2.05, 4.69) is 19.1 Å². The van der Waals surface area contributed by atoms with E-state index in [1.165, 1.54) is 5.56 Å². The number of benzene rings is 1. The molecule has 0 saturated carbocycles. The standard InChI is InChI=1S/C7H8.Ca.H2.2H/c1-7-5-3-2-4-6-7;;;;/h2-6H,1H3;;1H;;. The van der Waals surface area contributed by atoms with Gasteiger partial charge in [0.25, 0.3) is 0 Å². The van der Waals surface area contributed by atoms with E-state index in [9.17, 15) is 0 Å². The second-order valence-corrected chi connectivity index (χ2v) is 1.65. The number of rotatable bonds is 0.